The average Bonchev–Trinajstić information content (AvgIpc) is 3.16. The standard InChI is InChI=1S/C21H21BrN4O2S2/c1-14-5-7-17(8-6-14)29-12-10-18(27)24-21-26-25-19(30-21)9-11-23-20(28)15-3-2-4-16(22)13-15/h2-8,13H,9-12H2,1H3,(H,23,28)(H,24,26,27). The molecule has 1 heterocycles. The van der Waals surface area contributed by atoms with Gasteiger partial charge in [0, 0.05) is 40.1 Å². The van der Waals surface area contributed by atoms with Crippen molar-refractivity contribution in [1.29, 1.82) is 0 Å². The van der Waals surface area contributed by atoms with Gasteiger partial charge in [-0.05, 0) is 37.3 Å². The average molecular weight is 505 g/mol. The van der Waals surface area contributed by atoms with Crippen molar-refractivity contribution in [2.75, 3.05) is 17.6 Å². The molecule has 2 N–H and O–H groups in total. The Morgan fingerprint density at radius 3 is 2.70 bits per heavy atom. The van der Waals surface area contributed by atoms with Crippen LogP contribution in [-0.2, 0) is 11.2 Å². The summed E-state index contributed by atoms with van der Waals surface area (Å²) in [5.41, 5.74) is 1.81. The second-order valence-electron chi connectivity index (χ2n) is 6.48. The van der Waals surface area contributed by atoms with E-state index in [1.807, 2.05) is 12.1 Å². The largest absolute Gasteiger partial charge is 0.352 e. The Morgan fingerprint density at radius 2 is 1.93 bits per heavy atom. The third-order valence-corrected chi connectivity index (χ3v) is 6.45. The highest BCUT2D eigenvalue weighted by molar-refractivity contribution is 9.10. The molecule has 9 heteroatoms. The maximum Gasteiger partial charge on any atom is 0.251 e. The smallest absolute Gasteiger partial charge is 0.251 e. The Labute approximate surface area is 192 Å². The van der Waals surface area contributed by atoms with Crippen LogP contribution in [0.4, 0.5) is 5.13 Å². The van der Waals surface area contributed by atoms with E-state index in [0.717, 1.165) is 14.4 Å². The van der Waals surface area contributed by atoms with Crippen molar-refractivity contribution in [2.45, 2.75) is 24.7 Å². The number of anilines is 1. The van der Waals surface area contributed by atoms with Gasteiger partial charge >= 0.3 is 0 Å². The first kappa shape index (κ1) is 22.5. The molecule has 2 aromatic carbocycles. The van der Waals surface area contributed by atoms with Crippen molar-refractivity contribution in [3.63, 3.8) is 0 Å². The maximum absolute atomic E-state index is 12.1. The summed E-state index contributed by atoms with van der Waals surface area (Å²) in [6.45, 7) is 2.50. The van der Waals surface area contributed by atoms with Crippen molar-refractivity contribution in [3.8, 4) is 0 Å². The molecule has 0 fully saturated rings. The van der Waals surface area contributed by atoms with E-state index < -0.39 is 0 Å². The van der Waals surface area contributed by atoms with Crippen LogP contribution in [0.1, 0.15) is 27.3 Å². The quantitative estimate of drug-likeness (QED) is 0.412. The number of carbonyl (C=O) groups is 2. The van der Waals surface area contributed by atoms with E-state index in [1.54, 1.807) is 23.9 Å². The van der Waals surface area contributed by atoms with Gasteiger partial charge in [-0.2, -0.15) is 0 Å². The molecule has 2 amide bonds. The molecule has 3 aromatic rings. The zero-order valence-electron chi connectivity index (χ0n) is 16.4. The predicted molar refractivity (Wildman–Crippen MR) is 125 cm³/mol. The molecule has 6 nitrogen and oxygen atoms in total. The molecular weight excluding hydrogens is 484 g/mol. The van der Waals surface area contributed by atoms with Gasteiger partial charge in [0.05, 0.1) is 0 Å². The first-order chi connectivity index (χ1) is 14.5. The number of hydrogen-bond donors (Lipinski definition) is 2. The third-order valence-electron chi connectivity index (χ3n) is 4.04. The minimum atomic E-state index is -0.139. The highest BCUT2D eigenvalue weighted by Crippen LogP contribution is 2.20. The van der Waals surface area contributed by atoms with Crippen LogP contribution >= 0.6 is 39.0 Å². The van der Waals surface area contributed by atoms with E-state index >= 15 is 0 Å². The fraction of sp³-hybridized carbons (Fsp3) is 0.238. The Morgan fingerprint density at radius 1 is 1.13 bits per heavy atom. The molecule has 0 aliphatic heterocycles. The van der Waals surface area contributed by atoms with Crippen molar-refractivity contribution >= 4 is 56.0 Å². The minimum absolute atomic E-state index is 0.0831. The van der Waals surface area contributed by atoms with E-state index in [0.29, 0.717) is 35.8 Å². The fourth-order valence-electron chi connectivity index (χ4n) is 2.50. The van der Waals surface area contributed by atoms with Gasteiger partial charge in [-0.3, -0.25) is 9.59 Å². The van der Waals surface area contributed by atoms with Crippen LogP contribution in [0.25, 0.3) is 0 Å². The molecule has 30 heavy (non-hydrogen) atoms. The number of nitrogens with zero attached hydrogens (tertiary/aromatic N) is 2. The molecular formula is C21H21BrN4O2S2. The molecule has 0 saturated carbocycles. The molecule has 0 bridgehead atoms. The van der Waals surface area contributed by atoms with Crippen LogP contribution in [0.15, 0.2) is 57.9 Å². The van der Waals surface area contributed by atoms with Crippen LogP contribution in [0, 0.1) is 6.92 Å². The lowest BCUT2D eigenvalue weighted by Crippen LogP contribution is -2.25. The highest BCUT2D eigenvalue weighted by atomic mass is 79.9. The highest BCUT2D eigenvalue weighted by Gasteiger charge is 2.10. The van der Waals surface area contributed by atoms with E-state index in [1.165, 1.54) is 16.9 Å². The van der Waals surface area contributed by atoms with E-state index in [9.17, 15) is 9.59 Å². The molecule has 0 atom stereocenters. The maximum atomic E-state index is 12.1. The normalized spacial score (nSPS) is 10.6. The summed E-state index contributed by atoms with van der Waals surface area (Å²) < 4.78 is 0.858. The van der Waals surface area contributed by atoms with Crippen molar-refractivity contribution in [1.82, 2.24) is 15.5 Å². The van der Waals surface area contributed by atoms with Gasteiger partial charge < -0.3 is 10.6 Å². The number of amides is 2. The van der Waals surface area contributed by atoms with Crippen molar-refractivity contribution < 1.29 is 9.59 Å². The summed E-state index contributed by atoms with van der Waals surface area (Å²) in [5.74, 6) is 0.475. The summed E-state index contributed by atoms with van der Waals surface area (Å²) in [7, 11) is 0. The van der Waals surface area contributed by atoms with Crippen LogP contribution in [0.2, 0.25) is 0 Å². The van der Waals surface area contributed by atoms with Gasteiger partial charge in [0.1, 0.15) is 5.01 Å². The molecule has 0 aliphatic carbocycles. The molecule has 0 radical (unpaired) electrons. The van der Waals surface area contributed by atoms with Crippen LogP contribution in [0.3, 0.4) is 0 Å². The summed E-state index contributed by atoms with van der Waals surface area (Å²) >= 11 is 6.33. The lowest BCUT2D eigenvalue weighted by Gasteiger charge is -2.04. The Kier molecular flexibility index (Phi) is 8.41. The number of hydrogen-bond acceptors (Lipinski definition) is 6. The molecule has 1 aromatic heterocycles. The number of halogens is 1. The van der Waals surface area contributed by atoms with Gasteiger partial charge in [-0.15, -0.1) is 22.0 Å². The molecule has 3 rings (SSSR count). The zero-order chi connectivity index (χ0) is 21.3. The summed E-state index contributed by atoms with van der Waals surface area (Å²) in [4.78, 5) is 25.4. The van der Waals surface area contributed by atoms with Crippen LogP contribution in [-0.4, -0.2) is 34.3 Å². The second kappa shape index (κ2) is 11.2. The summed E-state index contributed by atoms with van der Waals surface area (Å²) in [6.07, 6.45) is 0.951. The van der Waals surface area contributed by atoms with Gasteiger partial charge in [0.25, 0.3) is 5.91 Å². The third kappa shape index (κ3) is 7.23. The van der Waals surface area contributed by atoms with Gasteiger partial charge in [0.2, 0.25) is 11.0 Å². The number of aromatic nitrogens is 2. The van der Waals surface area contributed by atoms with Crippen LogP contribution < -0.4 is 10.6 Å². The molecule has 0 spiro atoms. The minimum Gasteiger partial charge on any atom is -0.352 e. The van der Waals surface area contributed by atoms with Gasteiger partial charge in [-0.1, -0.05) is 51.0 Å². The number of aryl methyl sites for hydroxylation is 1. The lowest BCUT2D eigenvalue weighted by atomic mass is 10.2. The number of thioether (sulfide) groups is 1. The zero-order valence-corrected chi connectivity index (χ0v) is 19.6. The first-order valence-electron chi connectivity index (χ1n) is 9.35. The fourth-order valence-corrected chi connectivity index (χ4v) is 4.50. The van der Waals surface area contributed by atoms with Crippen molar-refractivity contribution in [2.24, 2.45) is 0 Å². The predicted octanol–water partition coefficient (Wildman–Crippen LogP) is 4.70. The van der Waals surface area contributed by atoms with Gasteiger partial charge in [0.15, 0.2) is 0 Å². The Balaban J connectivity index is 1.37. The number of carbonyl (C=O) groups excluding carboxylic acids is 2. The SMILES string of the molecule is Cc1ccc(SCCC(=O)Nc2nnc(CCNC(=O)c3cccc(Br)c3)s2)cc1. The van der Waals surface area contributed by atoms with Crippen molar-refractivity contribution in [3.05, 3.63) is 69.1 Å². The summed E-state index contributed by atoms with van der Waals surface area (Å²) in [5, 5.41) is 15.0. The number of rotatable bonds is 9. The van der Waals surface area contributed by atoms with E-state index in [-0.39, 0.29) is 11.8 Å². The number of nitrogens with one attached hydrogen (secondary N) is 2. The van der Waals surface area contributed by atoms with E-state index in [2.05, 4.69) is 68.0 Å². The van der Waals surface area contributed by atoms with E-state index in [4.69, 9.17) is 0 Å². The number of benzene rings is 2. The Hall–Kier alpha value is -2.23. The Bertz CT molecular complexity index is 1010. The van der Waals surface area contributed by atoms with Gasteiger partial charge in [-0.25, -0.2) is 0 Å². The first-order valence-corrected chi connectivity index (χ1v) is 11.9. The molecule has 0 aliphatic rings. The second-order valence-corrected chi connectivity index (χ2v) is 9.62. The lowest BCUT2D eigenvalue weighted by molar-refractivity contribution is -0.115. The molecule has 0 saturated heterocycles. The molecule has 156 valence electrons. The summed E-state index contributed by atoms with van der Waals surface area (Å²) in [6, 6.07) is 15.5. The molecule has 0 unspecified atom stereocenters. The van der Waals surface area contributed by atoms with Crippen LogP contribution in [0.5, 0.6) is 0 Å². The topological polar surface area (TPSA) is 84.0 Å². The monoisotopic (exact) mass is 504 g/mol.